The van der Waals surface area contributed by atoms with Gasteiger partial charge in [-0.3, -0.25) is 14.6 Å². The first-order valence-electron chi connectivity index (χ1n) is 7.16. The van der Waals surface area contributed by atoms with Crippen LogP contribution < -0.4 is 10.6 Å². The molecule has 3 aromatic heterocycles. The van der Waals surface area contributed by atoms with Crippen LogP contribution in [0.4, 0.5) is 11.5 Å². The smallest absolute Gasteiger partial charge is 0.292 e. The van der Waals surface area contributed by atoms with Crippen molar-refractivity contribution in [1.82, 2.24) is 9.97 Å². The molecule has 2 N–H and O–H groups in total. The van der Waals surface area contributed by atoms with Crippen molar-refractivity contribution >= 4 is 23.3 Å². The van der Waals surface area contributed by atoms with E-state index in [1.807, 2.05) is 6.92 Å². The Labute approximate surface area is 137 Å². The highest BCUT2D eigenvalue weighted by Gasteiger charge is 2.12. The van der Waals surface area contributed by atoms with E-state index in [4.69, 9.17) is 4.42 Å². The van der Waals surface area contributed by atoms with Gasteiger partial charge in [-0.2, -0.15) is 0 Å². The minimum atomic E-state index is -0.388. The zero-order valence-electron chi connectivity index (χ0n) is 12.8. The van der Waals surface area contributed by atoms with Gasteiger partial charge in [-0.1, -0.05) is 0 Å². The summed E-state index contributed by atoms with van der Waals surface area (Å²) in [4.78, 5) is 32.1. The van der Waals surface area contributed by atoms with Crippen molar-refractivity contribution in [2.45, 2.75) is 6.92 Å². The van der Waals surface area contributed by atoms with Gasteiger partial charge in [0.15, 0.2) is 5.76 Å². The van der Waals surface area contributed by atoms with E-state index in [1.54, 1.807) is 42.7 Å². The summed E-state index contributed by atoms with van der Waals surface area (Å²) in [5.74, 6) is -0.0736. The molecule has 0 aliphatic heterocycles. The summed E-state index contributed by atoms with van der Waals surface area (Å²) in [6.45, 7) is 1.81. The zero-order valence-corrected chi connectivity index (χ0v) is 12.8. The minimum absolute atomic E-state index is 0.199. The fourth-order valence-electron chi connectivity index (χ4n) is 2.04. The van der Waals surface area contributed by atoms with E-state index in [1.165, 1.54) is 12.5 Å². The summed E-state index contributed by atoms with van der Waals surface area (Å²) in [6.07, 6.45) is 6.01. The number of carbonyl (C=O) groups is 2. The number of aryl methyl sites for hydroxylation is 1. The van der Waals surface area contributed by atoms with Crippen LogP contribution in [0.15, 0.2) is 59.6 Å². The van der Waals surface area contributed by atoms with E-state index in [0.717, 1.165) is 5.56 Å². The lowest BCUT2D eigenvalue weighted by Gasteiger charge is -2.10. The maximum Gasteiger partial charge on any atom is 0.292 e. The highest BCUT2D eigenvalue weighted by Crippen LogP contribution is 2.18. The number of anilines is 2. The highest BCUT2D eigenvalue weighted by atomic mass is 16.3. The van der Waals surface area contributed by atoms with Crippen molar-refractivity contribution in [1.29, 1.82) is 0 Å². The molecule has 24 heavy (non-hydrogen) atoms. The Morgan fingerprint density at radius 1 is 1.08 bits per heavy atom. The van der Waals surface area contributed by atoms with Gasteiger partial charge in [0.1, 0.15) is 5.82 Å². The van der Waals surface area contributed by atoms with Crippen LogP contribution in [-0.4, -0.2) is 21.8 Å². The van der Waals surface area contributed by atoms with Gasteiger partial charge in [0.05, 0.1) is 18.1 Å². The predicted molar refractivity (Wildman–Crippen MR) is 87.8 cm³/mol. The Morgan fingerprint density at radius 2 is 1.88 bits per heavy atom. The molecule has 0 radical (unpaired) electrons. The topological polar surface area (TPSA) is 97.1 Å². The fraction of sp³-hybridized carbons (Fsp3) is 0.0588. The van der Waals surface area contributed by atoms with Crippen molar-refractivity contribution in [2.24, 2.45) is 0 Å². The molecule has 7 nitrogen and oxygen atoms in total. The predicted octanol–water partition coefficient (Wildman–Crippen LogP) is 2.88. The monoisotopic (exact) mass is 322 g/mol. The van der Waals surface area contributed by atoms with Crippen LogP contribution in [-0.2, 0) is 0 Å². The molecular formula is C17H14N4O3. The molecule has 0 bridgehead atoms. The van der Waals surface area contributed by atoms with E-state index in [2.05, 4.69) is 20.6 Å². The SMILES string of the molecule is Cc1cc(NC(=O)c2ccco2)ncc1NC(=O)c1ccncc1. The first kappa shape index (κ1) is 15.4. The molecule has 0 aliphatic rings. The van der Waals surface area contributed by atoms with Gasteiger partial charge < -0.3 is 15.1 Å². The van der Waals surface area contributed by atoms with Crippen molar-refractivity contribution < 1.29 is 14.0 Å². The van der Waals surface area contributed by atoms with Crippen molar-refractivity contribution in [3.05, 3.63) is 72.1 Å². The van der Waals surface area contributed by atoms with Crippen molar-refractivity contribution in [3.63, 3.8) is 0 Å². The van der Waals surface area contributed by atoms with Gasteiger partial charge in [-0.05, 0) is 42.8 Å². The van der Waals surface area contributed by atoms with E-state index in [9.17, 15) is 9.59 Å². The molecule has 0 aliphatic carbocycles. The second-order valence-electron chi connectivity index (χ2n) is 5.01. The number of pyridine rings is 2. The Balaban J connectivity index is 1.71. The number of rotatable bonds is 4. The third kappa shape index (κ3) is 3.46. The number of hydrogen-bond acceptors (Lipinski definition) is 5. The molecular weight excluding hydrogens is 308 g/mol. The van der Waals surface area contributed by atoms with E-state index < -0.39 is 0 Å². The third-order valence-corrected chi connectivity index (χ3v) is 3.29. The largest absolute Gasteiger partial charge is 0.459 e. The maximum absolute atomic E-state index is 12.1. The number of hydrogen-bond donors (Lipinski definition) is 2. The van der Waals surface area contributed by atoms with Crippen LogP contribution >= 0.6 is 0 Å². The number of amides is 2. The van der Waals surface area contributed by atoms with Crippen molar-refractivity contribution in [3.8, 4) is 0 Å². The van der Waals surface area contributed by atoms with Crippen LogP contribution in [0.5, 0.6) is 0 Å². The van der Waals surface area contributed by atoms with Crippen LogP contribution in [0.3, 0.4) is 0 Å². The number of carbonyl (C=O) groups excluding carboxylic acids is 2. The van der Waals surface area contributed by atoms with Gasteiger partial charge in [0, 0.05) is 18.0 Å². The lowest BCUT2D eigenvalue weighted by molar-refractivity contribution is 0.0994. The van der Waals surface area contributed by atoms with Gasteiger partial charge in [0.25, 0.3) is 11.8 Å². The van der Waals surface area contributed by atoms with Crippen LogP contribution in [0.1, 0.15) is 26.5 Å². The standard InChI is InChI=1S/C17H14N4O3/c1-11-9-15(21-17(23)14-3-2-8-24-14)19-10-13(11)20-16(22)12-4-6-18-7-5-12/h2-10H,1H3,(H,20,22)(H,19,21,23). The molecule has 7 heteroatoms. The Kier molecular flexibility index (Phi) is 4.33. The van der Waals surface area contributed by atoms with E-state index >= 15 is 0 Å². The number of aromatic nitrogens is 2. The van der Waals surface area contributed by atoms with Crippen LogP contribution in [0.2, 0.25) is 0 Å². The summed E-state index contributed by atoms with van der Waals surface area (Å²) < 4.78 is 5.02. The summed E-state index contributed by atoms with van der Waals surface area (Å²) in [7, 11) is 0. The fourth-order valence-corrected chi connectivity index (χ4v) is 2.04. The lowest BCUT2D eigenvalue weighted by atomic mass is 10.2. The first-order chi connectivity index (χ1) is 11.6. The molecule has 2 amide bonds. The van der Waals surface area contributed by atoms with Crippen LogP contribution in [0.25, 0.3) is 0 Å². The molecule has 3 aromatic rings. The molecule has 3 heterocycles. The molecule has 0 saturated heterocycles. The van der Waals surface area contributed by atoms with Gasteiger partial charge in [-0.15, -0.1) is 0 Å². The van der Waals surface area contributed by atoms with E-state index in [0.29, 0.717) is 17.1 Å². The maximum atomic E-state index is 12.1. The summed E-state index contributed by atoms with van der Waals surface area (Å²) in [6, 6.07) is 8.10. The second kappa shape index (κ2) is 6.74. The lowest BCUT2D eigenvalue weighted by Crippen LogP contribution is -2.15. The zero-order chi connectivity index (χ0) is 16.9. The minimum Gasteiger partial charge on any atom is -0.459 e. The first-order valence-corrected chi connectivity index (χ1v) is 7.16. The summed E-state index contributed by atoms with van der Waals surface area (Å²) in [5, 5.41) is 5.41. The second-order valence-corrected chi connectivity index (χ2v) is 5.01. The molecule has 0 saturated carbocycles. The van der Waals surface area contributed by atoms with Gasteiger partial charge in [0.2, 0.25) is 0 Å². The number of nitrogens with one attached hydrogen (secondary N) is 2. The quantitative estimate of drug-likeness (QED) is 0.770. The number of furan rings is 1. The average molecular weight is 322 g/mol. The molecule has 0 aromatic carbocycles. The number of nitrogens with zero attached hydrogens (tertiary/aromatic N) is 2. The molecule has 0 unspecified atom stereocenters. The Morgan fingerprint density at radius 3 is 2.54 bits per heavy atom. The van der Waals surface area contributed by atoms with Gasteiger partial charge >= 0.3 is 0 Å². The Bertz CT molecular complexity index is 861. The summed E-state index contributed by atoms with van der Waals surface area (Å²) >= 11 is 0. The molecule has 120 valence electrons. The molecule has 0 atom stereocenters. The molecule has 3 rings (SSSR count). The van der Waals surface area contributed by atoms with Gasteiger partial charge in [-0.25, -0.2) is 4.98 Å². The Hall–Kier alpha value is -3.48. The highest BCUT2D eigenvalue weighted by molar-refractivity contribution is 6.05. The average Bonchev–Trinajstić information content (AvgIpc) is 3.13. The van der Waals surface area contributed by atoms with E-state index in [-0.39, 0.29) is 17.6 Å². The van der Waals surface area contributed by atoms with Crippen molar-refractivity contribution in [2.75, 3.05) is 10.6 Å². The normalized spacial score (nSPS) is 10.2. The molecule has 0 fully saturated rings. The third-order valence-electron chi connectivity index (χ3n) is 3.29. The summed E-state index contributed by atoms with van der Waals surface area (Å²) in [5.41, 5.74) is 1.83. The van der Waals surface area contributed by atoms with Crippen LogP contribution in [0, 0.1) is 6.92 Å². The molecule has 0 spiro atoms.